The Morgan fingerprint density at radius 1 is 1.65 bits per heavy atom. The van der Waals surface area contributed by atoms with Crippen LogP contribution in [0.15, 0.2) is 12.4 Å². The summed E-state index contributed by atoms with van der Waals surface area (Å²) in [5, 5.41) is 14.7. The van der Waals surface area contributed by atoms with Gasteiger partial charge in [-0.1, -0.05) is 0 Å². The third kappa shape index (κ3) is 3.30. The fourth-order valence-corrected chi connectivity index (χ4v) is 2.69. The Balaban J connectivity index is 1.88. The van der Waals surface area contributed by atoms with E-state index >= 15 is 0 Å². The number of aromatic nitrogens is 2. The van der Waals surface area contributed by atoms with Crippen LogP contribution >= 0.6 is 0 Å². The molecule has 1 N–H and O–H groups in total. The zero-order valence-electron chi connectivity index (χ0n) is 10.7. The smallest absolute Gasteiger partial charge is 0.0675 e. The van der Waals surface area contributed by atoms with Crippen molar-refractivity contribution >= 4 is 0 Å². The van der Waals surface area contributed by atoms with Crippen LogP contribution in [0.2, 0.25) is 0 Å². The molecule has 1 saturated carbocycles. The molecular weight excluding hydrogens is 216 g/mol. The van der Waals surface area contributed by atoms with Gasteiger partial charge >= 0.3 is 0 Å². The summed E-state index contributed by atoms with van der Waals surface area (Å²) in [7, 11) is 3.65. The van der Waals surface area contributed by atoms with E-state index in [0.29, 0.717) is 0 Å². The van der Waals surface area contributed by atoms with Gasteiger partial charge in [0, 0.05) is 26.8 Å². The molecule has 2 rings (SSSR count). The molecule has 0 amide bonds. The predicted octanol–water partition coefficient (Wildman–Crippen LogP) is 1.67. The summed E-state index contributed by atoms with van der Waals surface area (Å²) >= 11 is 0. The first-order valence-electron chi connectivity index (χ1n) is 6.34. The molecule has 0 bridgehead atoms. The molecule has 1 aromatic heterocycles. The molecule has 0 aromatic carbocycles. The Bertz CT molecular complexity index is 364. The predicted molar refractivity (Wildman–Crippen MR) is 65.7 cm³/mol. The minimum Gasteiger partial charge on any atom is -0.390 e. The van der Waals surface area contributed by atoms with Crippen LogP contribution < -0.4 is 0 Å². The molecule has 1 aliphatic rings. The van der Waals surface area contributed by atoms with E-state index in [9.17, 15) is 5.11 Å². The lowest BCUT2D eigenvalue weighted by molar-refractivity contribution is -0.0630. The molecule has 0 radical (unpaired) electrons. The Morgan fingerprint density at radius 3 is 3.12 bits per heavy atom. The van der Waals surface area contributed by atoms with E-state index in [2.05, 4.69) is 5.10 Å². The first kappa shape index (κ1) is 12.6. The molecule has 2 atom stereocenters. The first-order valence-corrected chi connectivity index (χ1v) is 6.34. The third-order valence-electron chi connectivity index (χ3n) is 3.75. The van der Waals surface area contributed by atoms with Crippen molar-refractivity contribution in [2.45, 2.75) is 50.2 Å². The number of methoxy groups -OCH3 is 1. The fraction of sp³-hybridized carbons (Fsp3) is 0.769. The van der Waals surface area contributed by atoms with Gasteiger partial charge in [0.2, 0.25) is 0 Å². The minimum atomic E-state index is -0.547. The van der Waals surface area contributed by atoms with E-state index in [1.807, 2.05) is 19.4 Å². The van der Waals surface area contributed by atoms with Gasteiger partial charge < -0.3 is 9.84 Å². The highest BCUT2D eigenvalue weighted by molar-refractivity contribution is 5.05. The second-order valence-electron chi connectivity index (χ2n) is 5.20. The second-order valence-corrected chi connectivity index (χ2v) is 5.20. The third-order valence-corrected chi connectivity index (χ3v) is 3.75. The molecule has 4 nitrogen and oxygen atoms in total. The van der Waals surface area contributed by atoms with Gasteiger partial charge in [0.15, 0.2) is 0 Å². The number of ether oxygens (including phenoxy) is 1. The zero-order chi connectivity index (χ0) is 12.3. The summed E-state index contributed by atoms with van der Waals surface area (Å²) in [5.74, 6) is 0. The van der Waals surface area contributed by atoms with E-state index in [4.69, 9.17) is 4.74 Å². The lowest BCUT2D eigenvalue weighted by Gasteiger charge is -2.36. The highest BCUT2D eigenvalue weighted by atomic mass is 16.5. The van der Waals surface area contributed by atoms with Crippen LogP contribution in [0.25, 0.3) is 0 Å². The Hall–Kier alpha value is -0.870. The molecule has 17 heavy (non-hydrogen) atoms. The van der Waals surface area contributed by atoms with Gasteiger partial charge in [-0.2, -0.15) is 5.10 Å². The van der Waals surface area contributed by atoms with Gasteiger partial charge in [-0.25, -0.2) is 0 Å². The van der Waals surface area contributed by atoms with Crippen LogP contribution in [0.4, 0.5) is 0 Å². The molecular formula is C13H22N2O2. The first-order chi connectivity index (χ1) is 8.11. The lowest BCUT2D eigenvalue weighted by atomic mass is 9.79. The number of hydrogen-bond donors (Lipinski definition) is 1. The van der Waals surface area contributed by atoms with Gasteiger partial charge in [-0.05, 0) is 37.7 Å². The van der Waals surface area contributed by atoms with E-state index in [1.165, 1.54) is 5.56 Å². The highest BCUT2D eigenvalue weighted by Gasteiger charge is 2.33. The standard InChI is InChI=1S/C13H22N2O2/c1-15-10-11(9-14-15)5-7-13(16)6-3-4-12(8-13)17-2/h9-10,12,16H,3-8H2,1-2H3. The quantitative estimate of drug-likeness (QED) is 0.868. The number of aliphatic hydroxyl groups is 1. The molecule has 0 saturated heterocycles. The average Bonchev–Trinajstić information content (AvgIpc) is 2.73. The summed E-state index contributed by atoms with van der Waals surface area (Å²) in [6, 6.07) is 0. The van der Waals surface area contributed by atoms with Crippen LogP contribution in [0.3, 0.4) is 0 Å². The van der Waals surface area contributed by atoms with Crippen LogP contribution in [0, 0.1) is 0 Å². The van der Waals surface area contributed by atoms with Gasteiger partial charge in [0.1, 0.15) is 0 Å². The van der Waals surface area contributed by atoms with Crippen molar-refractivity contribution in [3.8, 4) is 0 Å². The van der Waals surface area contributed by atoms with E-state index < -0.39 is 5.60 Å². The van der Waals surface area contributed by atoms with Crippen molar-refractivity contribution in [3.63, 3.8) is 0 Å². The van der Waals surface area contributed by atoms with Crippen LogP contribution in [0.5, 0.6) is 0 Å². The SMILES string of the molecule is COC1CCCC(O)(CCc2cnn(C)c2)C1. The van der Waals surface area contributed by atoms with Crippen LogP contribution in [-0.2, 0) is 18.2 Å². The summed E-state index contributed by atoms with van der Waals surface area (Å²) in [5.41, 5.74) is 0.648. The minimum absolute atomic E-state index is 0.225. The number of rotatable bonds is 4. The molecule has 1 aliphatic carbocycles. The van der Waals surface area contributed by atoms with Crippen molar-refractivity contribution in [1.82, 2.24) is 9.78 Å². The molecule has 1 fully saturated rings. The molecule has 96 valence electrons. The topological polar surface area (TPSA) is 47.3 Å². The Kier molecular flexibility index (Phi) is 3.84. The van der Waals surface area contributed by atoms with Gasteiger partial charge in [0.25, 0.3) is 0 Å². The summed E-state index contributed by atoms with van der Waals surface area (Å²) in [6.45, 7) is 0. The van der Waals surface area contributed by atoms with Crippen LogP contribution in [0.1, 0.15) is 37.7 Å². The second kappa shape index (κ2) is 5.19. The molecule has 1 aromatic rings. The maximum Gasteiger partial charge on any atom is 0.0675 e. The average molecular weight is 238 g/mol. The van der Waals surface area contributed by atoms with E-state index in [-0.39, 0.29) is 6.10 Å². The van der Waals surface area contributed by atoms with Crippen molar-refractivity contribution in [2.75, 3.05) is 7.11 Å². The Morgan fingerprint density at radius 2 is 2.47 bits per heavy atom. The molecule has 4 heteroatoms. The largest absolute Gasteiger partial charge is 0.390 e. The van der Waals surface area contributed by atoms with Gasteiger partial charge in [0.05, 0.1) is 17.9 Å². The van der Waals surface area contributed by atoms with Crippen molar-refractivity contribution < 1.29 is 9.84 Å². The van der Waals surface area contributed by atoms with Gasteiger partial charge in [-0.3, -0.25) is 4.68 Å². The molecule has 0 aliphatic heterocycles. The summed E-state index contributed by atoms with van der Waals surface area (Å²) < 4.78 is 7.17. The number of nitrogens with zero attached hydrogens (tertiary/aromatic N) is 2. The normalized spacial score (nSPS) is 29.5. The summed E-state index contributed by atoms with van der Waals surface area (Å²) in [4.78, 5) is 0. The number of hydrogen-bond acceptors (Lipinski definition) is 3. The zero-order valence-corrected chi connectivity index (χ0v) is 10.7. The van der Waals surface area contributed by atoms with Crippen LogP contribution in [-0.4, -0.2) is 33.7 Å². The molecule has 1 heterocycles. The Labute approximate surface area is 103 Å². The fourth-order valence-electron chi connectivity index (χ4n) is 2.69. The monoisotopic (exact) mass is 238 g/mol. The van der Waals surface area contributed by atoms with Gasteiger partial charge in [-0.15, -0.1) is 0 Å². The highest BCUT2D eigenvalue weighted by Crippen LogP contribution is 2.33. The van der Waals surface area contributed by atoms with E-state index in [1.54, 1.807) is 11.8 Å². The van der Waals surface area contributed by atoms with Crippen molar-refractivity contribution in [1.29, 1.82) is 0 Å². The van der Waals surface area contributed by atoms with Crippen molar-refractivity contribution in [2.24, 2.45) is 7.05 Å². The number of aryl methyl sites for hydroxylation is 2. The molecule has 2 unspecified atom stereocenters. The summed E-state index contributed by atoms with van der Waals surface area (Å²) in [6.07, 6.45) is 9.60. The lowest BCUT2D eigenvalue weighted by Crippen LogP contribution is -2.38. The maximum absolute atomic E-state index is 10.5. The molecule has 0 spiro atoms. The van der Waals surface area contributed by atoms with Crippen molar-refractivity contribution in [3.05, 3.63) is 18.0 Å². The van der Waals surface area contributed by atoms with E-state index in [0.717, 1.165) is 38.5 Å². The maximum atomic E-state index is 10.5.